The summed E-state index contributed by atoms with van der Waals surface area (Å²) in [6.07, 6.45) is 0.893. The Hall–Kier alpha value is -0.900. The molecular formula is C12H15BrFNO. The molecule has 16 heavy (non-hydrogen) atoms. The third-order valence-corrected chi connectivity index (χ3v) is 2.68. The number of carbonyl (C=O) groups excluding carboxylic acids is 1. The van der Waals surface area contributed by atoms with Crippen molar-refractivity contribution in [2.24, 2.45) is 5.92 Å². The van der Waals surface area contributed by atoms with Crippen molar-refractivity contribution in [2.75, 3.05) is 6.54 Å². The monoisotopic (exact) mass is 287 g/mol. The minimum Gasteiger partial charge on any atom is -0.352 e. The van der Waals surface area contributed by atoms with Crippen LogP contribution < -0.4 is 5.32 Å². The van der Waals surface area contributed by atoms with E-state index in [4.69, 9.17) is 0 Å². The zero-order valence-electron chi connectivity index (χ0n) is 9.39. The maximum absolute atomic E-state index is 13.4. The van der Waals surface area contributed by atoms with E-state index >= 15 is 0 Å². The number of hydrogen-bond donors (Lipinski definition) is 1. The van der Waals surface area contributed by atoms with Crippen molar-refractivity contribution < 1.29 is 9.18 Å². The van der Waals surface area contributed by atoms with E-state index < -0.39 is 5.82 Å². The molecule has 88 valence electrons. The van der Waals surface area contributed by atoms with Crippen LogP contribution in [0.5, 0.6) is 0 Å². The van der Waals surface area contributed by atoms with E-state index in [2.05, 4.69) is 35.1 Å². The number of nitrogens with one attached hydrogen (secondary N) is 1. The van der Waals surface area contributed by atoms with Gasteiger partial charge in [-0.1, -0.05) is 29.8 Å². The standard InChI is InChI=1S/C12H15BrFNO/c1-8(2)5-6-15-12(16)10-4-3-9(13)7-11(10)14/h3-4,7-8H,5-6H2,1-2H3,(H,15,16). The number of rotatable bonds is 4. The molecule has 0 saturated carbocycles. The van der Waals surface area contributed by atoms with Crippen molar-refractivity contribution in [3.63, 3.8) is 0 Å². The van der Waals surface area contributed by atoms with Gasteiger partial charge >= 0.3 is 0 Å². The molecule has 0 unspecified atom stereocenters. The lowest BCUT2D eigenvalue weighted by Gasteiger charge is -2.07. The van der Waals surface area contributed by atoms with Gasteiger partial charge < -0.3 is 5.32 Å². The zero-order chi connectivity index (χ0) is 12.1. The van der Waals surface area contributed by atoms with Gasteiger partial charge in [-0.05, 0) is 30.5 Å². The fourth-order valence-corrected chi connectivity index (χ4v) is 1.58. The minimum atomic E-state index is -0.503. The van der Waals surface area contributed by atoms with Crippen LogP contribution in [0, 0.1) is 11.7 Å². The molecule has 0 radical (unpaired) electrons. The Morgan fingerprint density at radius 3 is 2.75 bits per heavy atom. The van der Waals surface area contributed by atoms with Crippen LogP contribution in [0.2, 0.25) is 0 Å². The summed E-state index contributed by atoms with van der Waals surface area (Å²) in [6.45, 7) is 4.73. The number of hydrogen-bond acceptors (Lipinski definition) is 1. The van der Waals surface area contributed by atoms with Gasteiger partial charge in [0.2, 0.25) is 0 Å². The zero-order valence-corrected chi connectivity index (χ0v) is 11.0. The van der Waals surface area contributed by atoms with Crippen molar-refractivity contribution in [2.45, 2.75) is 20.3 Å². The first-order chi connectivity index (χ1) is 7.50. The Balaban J connectivity index is 2.59. The van der Waals surface area contributed by atoms with Crippen molar-refractivity contribution in [1.29, 1.82) is 0 Å². The fourth-order valence-electron chi connectivity index (χ4n) is 1.24. The average molecular weight is 288 g/mol. The molecule has 2 nitrogen and oxygen atoms in total. The van der Waals surface area contributed by atoms with Crippen LogP contribution in [0.1, 0.15) is 30.6 Å². The number of amides is 1. The van der Waals surface area contributed by atoms with E-state index in [-0.39, 0.29) is 11.5 Å². The average Bonchev–Trinajstić information content (AvgIpc) is 2.16. The summed E-state index contributed by atoms with van der Waals surface area (Å²) in [4.78, 5) is 11.6. The van der Waals surface area contributed by atoms with Crippen molar-refractivity contribution in [3.8, 4) is 0 Å². The Morgan fingerprint density at radius 2 is 2.19 bits per heavy atom. The lowest BCUT2D eigenvalue weighted by molar-refractivity contribution is 0.0948. The third-order valence-electron chi connectivity index (χ3n) is 2.18. The smallest absolute Gasteiger partial charge is 0.254 e. The van der Waals surface area contributed by atoms with Crippen LogP contribution in [0.3, 0.4) is 0 Å². The molecule has 1 rings (SSSR count). The maximum Gasteiger partial charge on any atom is 0.254 e. The van der Waals surface area contributed by atoms with Gasteiger partial charge in [-0.25, -0.2) is 4.39 Å². The molecule has 0 spiro atoms. The summed E-state index contributed by atoms with van der Waals surface area (Å²) >= 11 is 3.15. The Labute approximate surface area is 103 Å². The predicted octanol–water partition coefficient (Wildman–Crippen LogP) is 3.36. The Kier molecular flexibility index (Phi) is 4.93. The highest BCUT2D eigenvalue weighted by atomic mass is 79.9. The summed E-state index contributed by atoms with van der Waals surface area (Å²) in [6, 6.07) is 4.42. The van der Waals surface area contributed by atoms with E-state index in [1.54, 1.807) is 6.07 Å². The van der Waals surface area contributed by atoms with Crippen molar-refractivity contribution in [1.82, 2.24) is 5.32 Å². The molecule has 4 heteroatoms. The summed E-state index contributed by atoms with van der Waals surface area (Å²) in [5.41, 5.74) is 0.0898. The first-order valence-corrected chi connectivity index (χ1v) is 6.03. The third kappa shape index (κ3) is 3.93. The van der Waals surface area contributed by atoms with Crippen LogP contribution in [-0.4, -0.2) is 12.5 Å². The molecule has 0 heterocycles. The van der Waals surface area contributed by atoms with Gasteiger partial charge in [0.15, 0.2) is 0 Å². The quantitative estimate of drug-likeness (QED) is 0.904. The van der Waals surface area contributed by atoms with E-state index in [0.29, 0.717) is 16.9 Å². The largest absolute Gasteiger partial charge is 0.352 e. The van der Waals surface area contributed by atoms with Crippen molar-refractivity contribution >= 4 is 21.8 Å². The van der Waals surface area contributed by atoms with Crippen LogP contribution in [0.25, 0.3) is 0 Å². The molecule has 0 aromatic heterocycles. The molecular weight excluding hydrogens is 273 g/mol. The highest BCUT2D eigenvalue weighted by Gasteiger charge is 2.11. The first-order valence-electron chi connectivity index (χ1n) is 5.24. The van der Waals surface area contributed by atoms with Gasteiger partial charge in [0.05, 0.1) is 5.56 Å². The van der Waals surface area contributed by atoms with E-state index in [1.807, 2.05) is 0 Å². The van der Waals surface area contributed by atoms with Crippen LogP contribution >= 0.6 is 15.9 Å². The number of benzene rings is 1. The van der Waals surface area contributed by atoms with Crippen LogP contribution in [0.4, 0.5) is 4.39 Å². The molecule has 0 bridgehead atoms. The van der Waals surface area contributed by atoms with Gasteiger partial charge in [0.25, 0.3) is 5.91 Å². The Morgan fingerprint density at radius 1 is 1.50 bits per heavy atom. The van der Waals surface area contributed by atoms with E-state index in [0.717, 1.165) is 6.42 Å². The van der Waals surface area contributed by atoms with E-state index in [1.165, 1.54) is 12.1 Å². The second-order valence-electron chi connectivity index (χ2n) is 4.06. The summed E-state index contributed by atoms with van der Waals surface area (Å²) in [5, 5.41) is 2.70. The number of carbonyl (C=O) groups is 1. The fraction of sp³-hybridized carbons (Fsp3) is 0.417. The maximum atomic E-state index is 13.4. The summed E-state index contributed by atoms with van der Waals surface area (Å²) < 4.78 is 14.0. The van der Waals surface area contributed by atoms with Crippen LogP contribution in [-0.2, 0) is 0 Å². The van der Waals surface area contributed by atoms with Gasteiger partial charge in [-0.3, -0.25) is 4.79 Å². The highest BCUT2D eigenvalue weighted by molar-refractivity contribution is 9.10. The second-order valence-corrected chi connectivity index (χ2v) is 4.98. The van der Waals surface area contributed by atoms with Gasteiger partial charge in [-0.15, -0.1) is 0 Å². The van der Waals surface area contributed by atoms with Crippen LogP contribution in [0.15, 0.2) is 22.7 Å². The molecule has 1 aromatic carbocycles. The van der Waals surface area contributed by atoms with Gasteiger partial charge in [0, 0.05) is 11.0 Å². The summed E-state index contributed by atoms with van der Waals surface area (Å²) in [5.74, 6) is -0.336. The molecule has 1 N–H and O–H groups in total. The topological polar surface area (TPSA) is 29.1 Å². The van der Waals surface area contributed by atoms with Gasteiger partial charge in [0.1, 0.15) is 5.82 Å². The lowest BCUT2D eigenvalue weighted by Crippen LogP contribution is -2.26. The molecule has 0 atom stereocenters. The number of halogens is 2. The second kappa shape index (κ2) is 5.99. The molecule has 0 aliphatic carbocycles. The molecule has 1 amide bonds. The minimum absolute atomic E-state index is 0.0898. The first kappa shape index (κ1) is 13.2. The van der Waals surface area contributed by atoms with E-state index in [9.17, 15) is 9.18 Å². The molecule has 0 aliphatic heterocycles. The highest BCUT2D eigenvalue weighted by Crippen LogP contribution is 2.15. The summed E-state index contributed by atoms with van der Waals surface area (Å²) in [7, 11) is 0. The Bertz CT molecular complexity index is 379. The van der Waals surface area contributed by atoms with Gasteiger partial charge in [-0.2, -0.15) is 0 Å². The molecule has 0 fully saturated rings. The predicted molar refractivity (Wildman–Crippen MR) is 65.9 cm³/mol. The normalized spacial score (nSPS) is 10.6. The van der Waals surface area contributed by atoms with Crippen molar-refractivity contribution in [3.05, 3.63) is 34.1 Å². The molecule has 1 aromatic rings. The SMILES string of the molecule is CC(C)CCNC(=O)c1ccc(Br)cc1F. The lowest BCUT2D eigenvalue weighted by atomic mass is 10.1. The molecule has 0 saturated heterocycles. The molecule has 0 aliphatic rings.